The van der Waals surface area contributed by atoms with Crippen molar-refractivity contribution in [3.63, 3.8) is 0 Å². The van der Waals surface area contributed by atoms with Crippen molar-refractivity contribution in [3.05, 3.63) is 64.4 Å². The number of carbonyl (C=O) groups is 2. The number of rotatable bonds is 4. The van der Waals surface area contributed by atoms with Crippen LogP contribution in [0.15, 0.2) is 58.4 Å². The van der Waals surface area contributed by atoms with E-state index < -0.39 is 11.8 Å². The van der Waals surface area contributed by atoms with Crippen LogP contribution in [0.4, 0.5) is 0 Å². The Bertz CT molecular complexity index is 689. The Kier molecular flexibility index (Phi) is 5.79. The molecule has 0 atom stereocenters. The molecular weight excluding hydrogens is 348 g/mol. The van der Waals surface area contributed by atoms with Gasteiger partial charge >= 0.3 is 11.8 Å². The Labute approximate surface area is 135 Å². The second kappa shape index (κ2) is 8.04. The van der Waals surface area contributed by atoms with Crippen LogP contribution in [-0.4, -0.2) is 23.0 Å². The second-order valence-electron chi connectivity index (χ2n) is 4.30. The average molecular weight is 361 g/mol. The van der Waals surface area contributed by atoms with Crippen LogP contribution in [0.5, 0.6) is 0 Å². The molecule has 1 aromatic carbocycles. The quantitative estimate of drug-likeness (QED) is 0.493. The van der Waals surface area contributed by atoms with Crippen LogP contribution in [0.2, 0.25) is 0 Å². The number of nitrogens with zero attached hydrogens (tertiary/aromatic N) is 2. The molecule has 22 heavy (non-hydrogen) atoms. The van der Waals surface area contributed by atoms with Gasteiger partial charge in [0.25, 0.3) is 0 Å². The minimum Gasteiger partial charge on any atom is -0.344 e. The van der Waals surface area contributed by atoms with Crippen molar-refractivity contribution in [1.29, 1.82) is 0 Å². The third-order valence-corrected chi connectivity index (χ3v) is 3.10. The van der Waals surface area contributed by atoms with Gasteiger partial charge in [-0.05, 0) is 29.3 Å². The van der Waals surface area contributed by atoms with Crippen molar-refractivity contribution in [1.82, 2.24) is 15.7 Å². The smallest absolute Gasteiger partial charge is 0.329 e. The summed E-state index contributed by atoms with van der Waals surface area (Å²) in [6.45, 7) is 0.232. The molecule has 0 radical (unpaired) electrons. The molecule has 1 heterocycles. The summed E-state index contributed by atoms with van der Waals surface area (Å²) in [6.07, 6.45) is 4.70. The molecule has 0 aliphatic heterocycles. The largest absolute Gasteiger partial charge is 0.344 e. The Morgan fingerprint density at radius 2 is 2.09 bits per heavy atom. The third-order valence-electron chi connectivity index (χ3n) is 2.61. The topological polar surface area (TPSA) is 83.5 Å². The van der Waals surface area contributed by atoms with Crippen molar-refractivity contribution in [2.75, 3.05) is 0 Å². The van der Waals surface area contributed by atoms with Crippen LogP contribution >= 0.6 is 15.9 Å². The van der Waals surface area contributed by atoms with Gasteiger partial charge in [0, 0.05) is 23.4 Å². The number of nitrogens with one attached hydrogen (secondary N) is 2. The van der Waals surface area contributed by atoms with Gasteiger partial charge in [0.15, 0.2) is 0 Å². The first-order valence-electron chi connectivity index (χ1n) is 6.41. The van der Waals surface area contributed by atoms with E-state index in [1.54, 1.807) is 24.5 Å². The predicted molar refractivity (Wildman–Crippen MR) is 86.0 cm³/mol. The molecule has 2 aromatic rings. The van der Waals surface area contributed by atoms with Gasteiger partial charge in [-0.2, -0.15) is 5.10 Å². The van der Waals surface area contributed by atoms with Crippen molar-refractivity contribution in [3.8, 4) is 0 Å². The number of carbonyl (C=O) groups excluding carboxylic acids is 2. The van der Waals surface area contributed by atoms with Crippen molar-refractivity contribution < 1.29 is 9.59 Å². The molecule has 0 aliphatic carbocycles. The summed E-state index contributed by atoms with van der Waals surface area (Å²) in [5.41, 5.74) is 3.78. The van der Waals surface area contributed by atoms with Gasteiger partial charge in [0.2, 0.25) is 0 Å². The van der Waals surface area contributed by atoms with Crippen LogP contribution < -0.4 is 10.7 Å². The molecule has 0 bridgehead atoms. The summed E-state index contributed by atoms with van der Waals surface area (Å²) in [5, 5.41) is 6.22. The Balaban J connectivity index is 1.80. The second-order valence-corrected chi connectivity index (χ2v) is 5.21. The van der Waals surface area contributed by atoms with Crippen molar-refractivity contribution in [2.24, 2.45) is 5.10 Å². The molecule has 2 rings (SSSR count). The molecule has 1 aromatic heterocycles. The number of hydrogen-bond acceptors (Lipinski definition) is 4. The van der Waals surface area contributed by atoms with E-state index in [0.29, 0.717) is 0 Å². The lowest BCUT2D eigenvalue weighted by Gasteiger charge is -2.03. The molecule has 112 valence electrons. The molecule has 7 heteroatoms. The molecule has 6 nitrogen and oxygen atoms in total. The normalized spacial score (nSPS) is 10.4. The van der Waals surface area contributed by atoms with Crippen LogP contribution in [0.1, 0.15) is 11.1 Å². The molecule has 2 N–H and O–H groups in total. The van der Waals surface area contributed by atoms with Crippen LogP contribution in [0.3, 0.4) is 0 Å². The first-order valence-corrected chi connectivity index (χ1v) is 7.20. The fourth-order valence-electron chi connectivity index (χ4n) is 1.57. The number of halogens is 1. The number of benzene rings is 1. The SMILES string of the molecule is O=C(NCc1cccnc1)C(=O)NN=Cc1cccc(Br)c1. The van der Waals surface area contributed by atoms with Gasteiger partial charge in [-0.25, -0.2) is 5.43 Å². The molecular formula is C15H13BrN4O2. The average Bonchev–Trinajstić information content (AvgIpc) is 2.53. The summed E-state index contributed by atoms with van der Waals surface area (Å²) in [7, 11) is 0. The molecule has 0 aliphatic rings. The highest BCUT2D eigenvalue weighted by atomic mass is 79.9. The van der Waals surface area contributed by atoms with E-state index in [1.807, 2.05) is 24.3 Å². The monoisotopic (exact) mass is 360 g/mol. The summed E-state index contributed by atoms with van der Waals surface area (Å²) >= 11 is 3.33. The van der Waals surface area contributed by atoms with E-state index in [2.05, 4.69) is 36.8 Å². The molecule has 0 spiro atoms. The Morgan fingerprint density at radius 1 is 1.23 bits per heavy atom. The van der Waals surface area contributed by atoms with E-state index in [4.69, 9.17) is 0 Å². The molecule has 0 saturated carbocycles. The molecule has 0 unspecified atom stereocenters. The fraction of sp³-hybridized carbons (Fsp3) is 0.0667. The van der Waals surface area contributed by atoms with Crippen LogP contribution in [-0.2, 0) is 16.1 Å². The van der Waals surface area contributed by atoms with E-state index in [0.717, 1.165) is 15.6 Å². The van der Waals surface area contributed by atoms with Crippen molar-refractivity contribution >= 4 is 34.0 Å². The van der Waals surface area contributed by atoms with E-state index in [9.17, 15) is 9.59 Å². The number of hydrogen-bond donors (Lipinski definition) is 2. The predicted octanol–water partition coefficient (Wildman–Crippen LogP) is 1.61. The summed E-state index contributed by atoms with van der Waals surface area (Å²) < 4.78 is 0.900. The zero-order valence-corrected chi connectivity index (χ0v) is 13.1. The number of amides is 2. The molecule has 0 saturated heterocycles. The minimum absolute atomic E-state index is 0.232. The maximum Gasteiger partial charge on any atom is 0.329 e. The maximum absolute atomic E-state index is 11.6. The highest BCUT2D eigenvalue weighted by molar-refractivity contribution is 9.10. The van der Waals surface area contributed by atoms with Crippen LogP contribution in [0.25, 0.3) is 0 Å². The summed E-state index contributed by atoms with van der Waals surface area (Å²) in [4.78, 5) is 27.1. The highest BCUT2D eigenvalue weighted by Crippen LogP contribution is 2.09. The lowest BCUT2D eigenvalue weighted by Crippen LogP contribution is -2.37. The van der Waals surface area contributed by atoms with Gasteiger partial charge in [-0.1, -0.05) is 34.1 Å². The maximum atomic E-state index is 11.6. The first-order chi connectivity index (χ1) is 10.6. The summed E-state index contributed by atoms with van der Waals surface area (Å²) in [5.74, 6) is -1.58. The van der Waals surface area contributed by atoms with E-state index in [1.165, 1.54) is 6.21 Å². The van der Waals surface area contributed by atoms with Crippen molar-refractivity contribution in [2.45, 2.75) is 6.54 Å². The lowest BCUT2D eigenvalue weighted by molar-refractivity contribution is -0.139. The van der Waals surface area contributed by atoms with Gasteiger partial charge < -0.3 is 5.32 Å². The highest BCUT2D eigenvalue weighted by Gasteiger charge is 2.11. The van der Waals surface area contributed by atoms with Gasteiger partial charge in [-0.15, -0.1) is 0 Å². The number of aromatic nitrogens is 1. The number of hydrazone groups is 1. The first kappa shape index (κ1) is 15.8. The van der Waals surface area contributed by atoms with Gasteiger partial charge in [0.05, 0.1) is 6.21 Å². The third kappa shape index (κ3) is 5.10. The molecule has 0 fully saturated rings. The van der Waals surface area contributed by atoms with Gasteiger partial charge in [-0.3, -0.25) is 14.6 Å². The van der Waals surface area contributed by atoms with Crippen LogP contribution in [0, 0.1) is 0 Å². The zero-order chi connectivity index (χ0) is 15.8. The van der Waals surface area contributed by atoms with E-state index in [-0.39, 0.29) is 6.54 Å². The van der Waals surface area contributed by atoms with Gasteiger partial charge in [0.1, 0.15) is 0 Å². The Morgan fingerprint density at radius 3 is 2.82 bits per heavy atom. The fourth-order valence-corrected chi connectivity index (χ4v) is 1.99. The van der Waals surface area contributed by atoms with E-state index >= 15 is 0 Å². The lowest BCUT2D eigenvalue weighted by atomic mass is 10.2. The molecule has 2 amide bonds. The number of pyridine rings is 1. The standard InChI is InChI=1S/C15H13BrN4O2/c16-13-5-1-3-11(7-13)10-19-20-15(22)14(21)18-9-12-4-2-6-17-8-12/h1-8,10H,9H2,(H,18,21)(H,20,22). The Hall–Kier alpha value is -2.54. The minimum atomic E-state index is -0.824. The zero-order valence-electron chi connectivity index (χ0n) is 11.5. The summed E-state index contributed by atoms with van der Waals surface area (Å²) in [6, 6.07) is 10.9.